The molecule has 2 aromatic carbocycles. The fraction of sp³-hybridized carbons (Fsp3) is 0.350. The van der Waals surface area contributed by atoms with Gasteiger partial charge in [0.2, 0.25) is 0 Å². The third-order valence-corrected chi connectivity index (χ3v) is 3.80. The summed E-state index contributed by atoms with van der Waals surface area (Å²) in [5.41, 5.74) is 6.64. The summed E-state index contributed by atoms with van der Waals surface area (Å²) in [4.78, 5) is 11.5. The van der Waals surface area contributed by atoms with Crippen molar-refractivity contribution in [1.29, 1.82) is 0 Å². The minimum atomic E-state index is -3.86. The molecule has 0 saturated heterocycles. The predicted molar refractivity (Wildman–Crippen MR) is 96.9 cm³/mol. The molecular formula is C20H23F2NO4. The van der Waals surface area contributed by atoms with E-state index in [0.29, 0.717) is 19.0 Å². The van der Waals surface area contributed by atoms with Crippen LogP contribution < -0.4 is 15.2 Å². The minimum absolute atomic E-state index is 0.0450. The molecule has 0 bridgehead atoms. The number of alkyl halides is 2. The van der Waals surface area contributed by atoms with Crippen molar-refractivity contribution in [2.45, 2.75) is 32.4 Å². The normalized spacial score (nSPS) is 12.3. The molecule has 0 aliphatic rings. The second-order valence-corrected chi connectivity index (χ2v) is 5.73. The molecule has 0 fully saturated rings. The van der Waals surface area contributed by atoms with Crippen LogP contribution in [0.4, 0.5) is 8.78 Å². The maximum Gasteiger partial charge on any atom is 0.379 e. The number of carbonyl (C=O) groups is 1. The molecule has 2 aromatic rings. The molecule has 0 heterocycles. The molecule has 1 atom stereocenters. The fourth-order valence-corrected chi connectivity index (χ4v) is 2.40. The number of carbonyl (C=O) groups excluding carboxylic acids is 1. The van der Waals surface area contributed by atoms with Gasteiger partial charge in [0.05, 0.1) is 13.2 Å². The second-order valence-electron chi connectivity index (χ2n) is 5.73. The highest BCUT2D eigenvalue weighted by Gasteiger charge is 2.48. The van der Waals surface area contributed by atoms with Crippen molar-refractivity contribution < 1.29 is 27.8 Å². The molecule has 0 unspecified atom stereocenters. The van der Waals surface area contributed by atoms with Crippen LogP contribution in [0.15, 0.2) is 48.5 Å². The van der Waals surface area contributed by atoms with Crippen LogP contribution in [0.3, 0.4) is 0 Å². The van der Waals surface area contributed by atoms with E-state index >= 15 is 0 Å². The van der Waals surface area contributed by atoms with Gasteiger partial charge in [0.25, 0.3) is 0 Å². The quantitative estimate of drug-likeness (QED) is 0.670. The van der Waals surface area contributed by atoms with E-state index in [-0.39, 0.29) is 17.9 Å². The van der Waals surface area contributed by atoms with Crippen LogP contribution in [0.2, 0.25) is 0 Å². The lowest BCUT2D eigenvalue weighted by molar-refractivity contribution is -0.174. The van der Waals surface area contributed by atoms with Crippen LogP contribution >= 0.6 is 0 Å². The van der Waals surface area contributed by atoms with Gasteiger partial charge in [-0.25, -0.2) is 4.79 Å². The van der Waals surface area contributed by atoms with Crippen molar-refractivity contribution in [3.63, 3.8) is 0 Å². The first kappa shape index (κ1) is 20.6. The van der Waals surface area contributed by atoms with Crippen molar-refractivity contribution in [3.8, 4) is 11.5 Å². The van der Waals surface area contributed by atoms with Crippen molar-refractivity contribution in [2.24, 2.45) is 5.73 Å². The van der Waals surface area contributed by atoms with Gasteiger partial charge in [0.15, 0.2) is 11.5 Å². The maximum absolute atomic E-state index is 14.2. The van der Waals surface area contributed by atoms with Gasteiger partial charge in [0.1, 0.15) is 12.6 Å². The van der Waals surface area contributed by atoms with E-state index in [2.05, 4.69) is 4.74 Å². The van der Waals surface area contributed by atoms with Crippen molar-refractivity contribution >= 4 is 5.97 Å². The van der Waals surface area contributed by atoms with Gasteiger partial charge in [-0.15, -0.1) is 0 Å². The van der Waals surface area contributed by atoms with Crippen LogP contribution in [0.1, 0.15) is 31.0 Å². The summed E-state index contributed by atoms with van der Waals surface area (Å²) >= 11 is 0. The topological polar surface area (TPSA) is 70.8 Å². The summed E-state index contributed by atoms with van der Waals surface area (Å²) in [6.45, 7) is 3.67. The number of rotatable bonds is 9. The first-order valence-corrected chi connectivity index (χ1v) is 8.64. The number of hydrogen-bond donors (Lipinski definition) is 1. The first-order chi connectivity index (χ1) is 12.9. The molecule has 0 spiro atoms. The molecule has 0 aromatic heterocycles. The SMILES string of the molecule is CCOC(=O)C(F)(F)[C@@H](N)c1ccc(OCc2ccccc2)c(OCC)c1. The number of nitrogens with two attached hydrogens (primary N) is 1. The summed E-state index contributed by atoms with van der Waals surface area (Å²) < 4.78 is 44.0. The number of ether oxygens (including phenoxy) is 3. The minimum Gasteiger partial charge on any atom is -0.490 e. The number of halogens is 2. The predicted octanol–water partition coefficient (Wildman–Crippen LogP) is 3.86. The standard InChI is InChI=1S/C20H23F2NO4/c1-3-25-17-12-15(18(23)20(21,22)19(24)26-4-2)10-11-16(17)27-13-14-8-6-5-7-9-14/h5-12,18H,3-4,13,23H2,1-2H3/t18-/m0/s1. The Hall–Kier alpha value is -2.67. The third kappa shape index (κ3) is 5.17. The Morgan fingerprint density at radius 1 is 1.04 bits per heavy atom. The van der Waals surface area contributed by atoms with Crippen molar-refractivity contribution in [2.75, 3.05) is 13.2 Å². The first-order valence-electron chi connectivity index (χ1n) is 8.64. The zero-order valence-corrected chi connectivity index (χ0v) is 15.3. The molecule has 0 amide bonds. The van der Waals surface area contributed by atoms with Crippen LogP contribution in [0, 0.1) is 0 Å². The summed E-state index contributed by atoms with van der Waals surface area (Å²) in [6, 6.07) is 11.9. The smallest absolute Gasteiger partial charge is 0.379 e. The average molecular weight is 379 g/mol. The average Bonchev–Trinajstić information content (AvgIpc) is 2.67. The third-order valence-electron chi connectivity index (χ3n) is 3.80. The highest BCUT2D eigenvalue weighted by atomic mass is 19.3. The van der Waals surface area contributed by atoms with E-state index in [9.17, 15) is 13.6 Å². The molecule has 5 nitrogen and oxygen atoms in total. The Balaban J connectivity index is 2.21. The van der Waals surface area contributed by atoms with Crippen LogP contribution in [-0.2, 0) is 16.1 Å². The largest absolute Gasteiger partial charge is 0.490 e. The van der Waals surface area contributed by atoms with E-state index in [1.807, 2.05) is 30.3 Å². The Bertz CT molecular complexity index is 753. The van der Waals surface area contributed by atoms with Crippen molar-refractivity contribution in [1.82, 2.24) is 0 Å². The highest BCUT2D eigenvalue weighted by molar-refractivity contribution is 5.79. The van der Waals surface area contributed by atoms with E-state index in [1.165, 1.54) is 25.1 Å². The highest BCUT2D eigenvalue weighted by Crippen LogP contribution is 2.36. The molecule has 146 valence electrons. The Kier molecular flexibility index (Phi) is 7.12. The van der Waals surface area contributed by atoms with Gasteiger partial charge in [-0.3, -0.25) is 0 Å². The molecular weight excluding hydrogens is 356 g/mol. The van der Waals surface area contributed by atoms with E-state index in [4.69, 9.17) is 15.2 Å². The second kappa shape index (κ2) is 9.32. The molecule has 0 aliphatic carbocycles. The zero-order valence-electron chi connectivity index (χ0n) is 15.3. The van der Waals surface area contributed by atoms with Gasteiger partial charge in [-0.2, -0.15) is 8.78 Å². The number of hydrogen-bond acceptors (Lipinski definition) is 5. The van der Waals surface area contributed by atoms with Crippen LogP contribution in [0.5, 0.6) is 11.5 Å². The lowest BCUT2D eigenvalue weighted by Gasteiger charge is -2.23. The molecule has 27 heavy (non-hydrogen) atoms. The molecule has 7 heteroatoms. The lowest BCUT2D eigenvalue weighted by atomic mass is 10.0. The number of esters is 1. The molecule has 2 N–H and O–H groups in total. The molecule has 0 saturated carbocycles. The van der Waals surface area contributed by atoms with E-state index in [0.717, 1.165) is 5.56 Å². The Morgan fingerprint density at radius 2 is 1.74 bits per heavy atom. The summed E-state index contributed by atoms with van der Waals surface area (Å²) in [6.07, 6.45) is 0. The van der Waals surface area contributed by atoms with Crippen molar-refractivity contribution in [3.05, 3.63) is 59.7 Å². The van der Waals surface area contributed by atoms with Gasteiger partial charge in [-0.1, -0.05) is 36.4 Å². The summed E-state index contributed by atoms with van der Waals surface area (Å²) in [5, 5.41) is 0. The molecule has 0 aliphatic heterocycles. The van der Waals surface area contributed by atoms with Gasteiger partial charge in [0, 0.05) is 0 Å². The van der Waals surface area contributed by atoms with E-state index < -0.39 is 17.9 Å². The van der Waals surface area contributed by atoms with Crippen LogP contribution in [0.25, 0.3) is 0 Å². The molecule has 2 rings (SSSR count). The maximum atomic E-state index is 14.2. The van der Waals surface area contributed by atoms with E-state index in [1.54, 1.807) is 6.92 Å². The fourth-order valence-electron chi connectivity index (χ4n) is 2.40. The number of benzene rings is 2. The monoisotopic (exact) mass is 379 g/mol. The lowest BCUT2D eigenvalue weighted by Crippen LogP contribution is -2.41. The van der Waals surface area contributed by atoms with Crippen LogP contribution in [-0.4, -0.2) is 25.1 Å². The molecule has 0 radical (unpaired) electrons. The summed E-state index contributed by atoms with van der Waals surface area (Å²) in [7, 11) is 0. The zero-order chi connectivity index (χ0) is 19.9. The van der Waals surface area contributed by atoms with Gasteiger partial charge in [-0.05, 0) is 37.1 Å². The van der Waals surface area contributed by atoms with Gasteiger partial charge >= 0.3 is 11.9 Å². The Labute approximate surface area is 157 Å². The van der Waals surface area contributed by atoms with Gasteiger partial charge < -0.3 is 19.9 Å². The Morgan fingerprint density at radius 3 is 2.37 bits per heavy atom. The summed E-state index contributed by atoms with van der Waals surface area (Å²) in [5.74, 6) is -4.83.